The van der Waals surface area contributed by atoms with Gasteiger partial charge in [0.05, 0.1) is 22.5 Å². The van der Waals surface area contributed by atoms with Crippen LogP contribution in [0.1, 0.15) is 13.8 Å². The van der Waals surface area contributed by atoms with Crippen LogP contribution in [0.15, 0.2) is 48.5 Å². The quantitative estimate of drug-likeness (QED) is 0.702. The Balaban J connectivity index is 1.88. The molecule has 3 nitrogen and oxygen atoms in total. The molecule has 2 aromatic carbocycles. The highest BCUT2D eigenvalue weighted by Crippen LogP contribution is 2.31. The number of hydrogen-bond acceptors (Lipinski definition) is 2. The number of aromatic amines is 1. The second kappa shape index (κ2) is 6.42. The number of nitrogens with one attached hydrogen (secondary N) is 1. The van der Waals surface area contributed by atoms with Gasteiger partial charge in [0.25, 0.3) is 0 Å². The maximum Gasteiger partial charge on any atom is 0.138 e. The van der Waals surface area contributed by atoms with Crippen LogP contribution in [0.3, 0.4) is 0 Å². The molecule has 0 saturated carbocycles. The number of ether oxygens (including phenoxy) is 1. The summed E-state index contributed by atoms with van der Waals surface area (Å²) in [5.74, 6) is 0.390. The smallest absolute Gasteiger partial charge is 0.138 e. The summed E-state index contributed by atoms with van der Waals surface area (Å²) < 4.78 is 18.6. The van der Waals surface area contributed by atoms with Crippen molar-refractivity contribution in [3.8, 4) is 28.3 Å². The molecule has 0 saturated heterocycles. The van der Waals surface area contributed by atoms with Crippen LogP contribution < -0.4 is 4.74 Å². The molecule has 5 heteroatoms. The van der Waals surface area contributed by atoms with E-state index < -0.39 is 0 Å². The molecule has 1 heterocycles. The van der Waals surface area contributed by atoms with Crippen LogP contribution in [-0.4, -0.2) is 16.3 Å². The Kier molecular flexibility index (Phi) is 4.35. The maximum atomic E-state index is 13.0. The number of H-pyrrole nitrogens is 1. The molecular weight excluding hydrogens is 315 g/mol. The topological polar surface area (TPSA) is 37.9 Å². The molecule has 3 aromatic rings. The van der Waals surface area contributed by atoms with Gasteiger partial charge in [-0.3, -0.25) is 5.10 Å². The minimum atomic E-state index is -0.263. The lowest BCUT2D eigenvalue weighted by Gasteiger charge is -2.11. The van der Waals surface area contributed by atoms with Crippen LogP contribution in [-0.2, 0) is 0 Å². The fourth-order valence-corrected chi connectivity index (χ4v) is 2.48. The average Bonchev–Trinajstić information content (AvgIpc) is 2.99. The fourth-order valence-electron chi connectivity index (χ4n) is 2.26. The molecule has 1 N–H and O–H groups in total. The van der Waals surface area contributed by atoms with Crippen LogP contribution in [0.4, 0.5) is 4.39 Å². The summed E-state index contributed by atoms with van der Waals surface area (Å²) in [5.41, 5.74) is 3.34. The van der Waals surface area contributed by atoms with Crippen LogP contribution >= 0.6 is 11.6 Å². The van der Waals surface area contributed by atoms with E-state index >= 15 is 0 Å². The number of hydrogen-bond donors (Lipinski definition) is 1. The van der Waals surface area contributed by atoms with Gasteiger partial charge in [-0.2, -0.15) is 5.10 Å². The van der Waals surface area contributed by atoms with Crippen molar-refractivity contribution in [2.45, 2.75) is 20.0 Å². The number of nitrogens with zero attached hydrogens (tertiary/aromatic N) is 1. The Morgan fingerprint density at radius 1 is 1.04 bits per heavy atom. The summed E-state index contributed by atoms with van der Waals surface area (Å²) in [6.07, 6.45) is 0.0637. The van der Waals surface area contributed by atoms with Crippen molar-refractivity contribution in [3.05, 3.63) is 59.4 Å². The highest BCUT2D eigenvalue weighted by atomic mass is 35.5. The number of aromatic nitrogens is 2. The lowest BCUT2D eigenvalue weighted by atomic mass is 10.1. The molecule has 0 amide bonds. The number of rotatable bonds is 4. The third-order valence-corrected chi connectivity index (χ3v) is 3.62. The Morgan fingerprint density at radius 2 is 1.74 bits per heavy atom. The Morgan fingerprint density at radius 3 is 2.39 bits per heavy atom. The molecule has 0 spiro atoms. The molecule has 0 bridgehead atoms. The summed E-state index contributed by atoms with van der Waals surface area (Å²) in [6, 6.07) is 13.7. The van der Waals surface area contributed by atoms with E-state index in [2.05, 4.69) is 10.2 Å². The molecule has 0 aliphatic carbocycles. The molecule has 118 valence electrons. The van der Waals surface area contributed by atoms with Gasteiger partial charge < -0.3 is 4.74 Å². The molecule has 23 heavy (non-hydrogen) atoms. The predicted molar refractivity (Wildman–Crippen MR) is 90.2 cm³/mol. The van der Waals surface area contributed by atoms with Crippen molar-refractivity contribution in [1.29, 1.82) is 0 Å². The molecule has 0 fully saturated rings. The van der Waals surface area contributed by atoms with E-state index in [-0.39, 0.29) is 11.9 Å². The highest BCUT2D eigenvalue weighted by molar-refractivity contribution is 6.32. The molecule has 0 atom stereocenters. The minimum Gasteiger partial charge on any atom is -0.489 e. The normalized spacial score (nSPS) is 11.0. The second-order valence-electron chi connectivity index (χ2n) is 5.49. The molecule has 3 rings (SSSR count). The second-order valence-corrected chi connectivity index (χ2v) is 5.89. The summed E-state index contributed by atoms with van der Waals surface area (Å²) in [5, 5.41) is 7.80. The predicted octanol–water partition coefficient (Wildman–Crippen LogP) is 5.32. The first-order valence-electron chi connectivity index (χ1n) is 7.31. The van der Waals surface area contributed by atoms with E-state index in [4.69, 9.17) is 16.3 Å². The summed E-state index contributed by atoms with van der Waals surface area (Å²) >= 11 is 6.26. The van der Waals surface area contributed by atoms with Crippen molar-refractivity contribution in [2.24, 2.45) is 0 Å². The lowest BCUT2D eigenvalue weighted by molar-refractivity contribution is 0.242. The van der Waals surface area contributed by atoms with Gasteiger partial charge in [-0.05, 0) is 67.9 Å². The van der Waals surface area contributed by atoms with E-state index in [1.165, 1.54) is 12.1 Å². The first kappa shape index (κ1) is 15.6. The summed E-state index contributed by atoms with van der Waals surface area (Å²) in [4.78, 5) is 0. The summed E-state index contributed by atoms with van der Waals surface area (Å²) in [7, 11) is 0. The van der Waals surface area contributed by atoms with Crippen LogP contribution in [0, 0.1) is 5.82 Å². The third-order valence-electron chi connectivity index (χ3n) is 3.32. The van der Waals surface area contributed by atoms with Gasteiger partial charge in [0, 0.05) is 5.56 Å². The van der Waals surface area contributed by atoms with Gasteiger partial charge in [-0.25, -0.2) is 4.39 Å². The maximum absolute atomic E-state index is 13.0. The van der Waals surface area contributed by atoms with Gasteiger partial charge in [-0.1, -0.05) is 11.6 Å². The lowest BCUT2D eigenvalue weighted by Crippen LogP contribution is -2.05. The van der Waals surface area contributed by atoms with Crippen molar-refractivity contribution in [3.63, 3.8) is 0 Å². The third kappa shape index (κ3) is 3.54. The zero-order valence-corrected chi connectivity index (χ0v) is 13.6. The Bertz CT molecular complexity index is 812. The van der Waals surface area contributed by atoms with Gasteiger partial charge in [0.1, 0.15) is 11.6 Å². The van der Waals surface area contributed by atoms with E-state index in [1.807, 2.05) is 38.1 Å². The molecule has 1 aromatic heterocycles. The molecule has 0 radical (unpaired) electrons. The first-order valence-corrected chi connectivity index (χ1v) is 7.68. The SMILES string of the molecule is CC(C)Oc1ccc(-c2cc(-c3ccc(F)cc3)[nH]n2)cc1Cl. The van der Waals surface area contributed by atoms with E-state index in [0.717, 1.165) is 22.5 Å². The fraction of sp³-hybridized carbons (Fsp3) is 0.167. The summed E-state index contributed by atoms with van der Waals surface area (Å²) in [6.45, 7) is 3.90. The Labute approximate surface area is 139 Å². The Hall–Kier alpha value is -2.33. The zero-order chi connectivity index (χ0) is 16.4. The van der Waals surface area contributed by atoms with Crippen molar-refractivity contribution >= 4 is 11.6 Å². The molecule has 0 aliphatic heterocycles. The van der Waals surface area contributed by atoms with Gasteiger partial charge >= 0.3 is 0 Å². The number of halogens is 2. The molecule has 0 unspecified atom stereocenters. The minimum absolute atomic E-state index is 0.0637. The zero-order valence-electron chi connectivity index (χ0n) is 12.8. The van der Waals surface area contributed by atoms with Crippen LogP contribution in [0.2, 0.25) is 5.02 Å². The monoisotopic (exact) mass is 330 g/mol. The van der Waals surface area contributed by atoms with Crippen molar-refractivity contribution in [1.82, 2.24) is 10.2 Å². The van der Waals surface area contributed by atoms with Gasteiger partial charge in [0.15, 0.2) is 0 Å². The van der Waals surface area contributed by atoms with Crippen LogP contribution in [0.5, 0.6) is 5.75 Å². The van der Waals surface area contributed by atoms with Crippen molar-refractivity contribution in [2.75, 3.05) is 0 Å². The van der Waals surface area contributed by atoms with Gasteiger partial charge in [0.2, 0.25) is 0 Å². The van der Waals surface area contributed by atoms with Crippen LogP contribution in [0.25, 0.3) is 22.5 Å². The highest BCUT2D eigenvalue weighted by Gasteiger charge is 2.10. The molecular formula is C18H16ClFN2O. The van der Waals surface area contributed by atoms with E-state index in [9.17, 15) is 4.39 Å². The largest absolute Gasteiger partial charge is 0.489 e. The van der Waals surface area contributed by atoms with Crippen molar-refractivity contribution < 1.29 is 9.13 Å². The molecule has 0 aliphatic rings. The van der Waals surface area contributed by atoms with E-state index in [1.54, 1.807) is 12.1 Å². The number of benzene rings is 2. The van der Waals surface area contributed by atoms with Gasteiger partial charge in [-0.15, -0.1) is 0 Å². The first-order chi connectivity index (χ1) is 11.0. The van der Waals surface area contributed by atoms with E-state index in [0.29, 0.717) is 10.8 Å². The average molecular weight is 331 g/mol. The standard InChI is InChI=1S/C18H16ClFN2O/c1-11(2)23-18-8-5-13(9-15(18)19)17-10-16(21-22-17)12-3-6-14(20)7-4-12/h3-11H,1-2H3,(H,21,22).